The average Bonchev–Trinajstić information content (AvgIpc) is 2.68. The fourth-order valence-corrected chi connectivity index (χ4v) is 3.81. The molecule has 2 aromatic rings. The first kappa shape index (κ1) is 19.7. The second kappa shape index (κ2) is 7.91. The molecule has 1 aliphatic rings. The largest absolute Gasteiger partial charge is 0.353 e. The van der Waals surface area contributed by atoms with Crippen molar-refractivity contribution in [2.75, 3.05) is 38.1 Å². The van der Waals surface area contributed by atoms with E-state index >= 15 is 0 Å². The maximum absolute atomic E-state index is 14.2. The van der Waals surface area contributed by atoms with Crippen LogP contribution in [0.15, 0.2) is 45.9 Å². The summed E-state index contributed by atoms with van der Waals surface area (Å²) in [6.07, 6.45) is 1.70. The summed E-state index contributed by atoms with van der Waals surface area (Å²) in [6.45, 7) is 1.88. The van der Waals surface area contributed by atoms with Crippen molar-refractivity contribution in [1.82, 2.24) is 14.6 Å². The number of anilines is 1. The van der Waals surface area contributed by atoms with Gasteiger partial charge in [0, 0.05) is 36.8 Å². The van der Waals surface area contributed by atoms with Crippen molar-refractivity contribution in [2.45, 2.75) is 4.90 Å². The van der Waals surface area contributed by atoms with E-state index < -0.39 is 21.7 Å². The lowest BCUT2D eigenvalue weighted by atomic mass is 10.1. The average molecular weight is 457 g/mol. The third-order valence-corrected chi connectivity index (χ3v) is 6.23. The highest BCUT2D eigenvalue weighted by Crippen LogP contribution is 2.20. The summed E-state index contributed by atoms with van der Waals surface area (Å²) in [5, 5.41) is 0. The number of pyridine rings is 1. The van der Waals surface area contributed by atoms with Crippen LogP contribution in [0.25, 0.3) is 0 Å². The van der Waals surface area contributed by atoms with Crippen molar-refractivity contribution in [3.8, 4) is 0 Å². The van der Waals surface area contributed by atoms with Crippen LogP contribution in [0.2, 0.25) is 0 Å². The van der Waals surface area contributed by atoms with E-state index in [0.29, 0.717) is 26.2 Å². The molecule has 0 aliphatic carbocycles. The Morgan fingerprint density at radius 2 is 1.89 bits per heavy atom. The molecule has 0 spiro atoms. The van der Waals surface area contributed by atoms with Gasteiger partial charge in [-0.2, -0.15) is 0 Å². The van der Waals surface area contributed by atoms with Crippen LogP contribution < -0.4 is 9.62 Å². The highest BCUT2D eigenvalue weighted by molar-refractivity contribution is 9.10. The number of nitrogens with zero attached hydrogens (tertiary/aromatic N) is 3. The Morgan fingerprint density at radius 1 is 1.19 bits per heavy atom. The highest BCUT2D eigenvalue weighted by atomic mass is 79.9. The number of hydrogen-bond acceptors (Lipinski definition) is 5. The van der Waals surface area contributed by atoms with Crippen molar-refractivity contribution < 1.29 is 17.6 Å². The number of carbonyl (C=O) groups is 1. The molecule has 1 N–H and O–H groups in total. The molecule has 0 unspecified atom stereocenters. The highest BCUT2D eigenvalue weighted by Gasteiger charge is 2.26. The molecular weight excluding hydrogens is 439 g/mol. The standard InChI is InChI=1S/C17H18BrFN4O3S/c1-20-27(25,26)13-3-4-15(19)14(10-13)17(24)23-8-6-22(7-9-23)16-5-2-12(18)11-21-16/h2-5,10-11,20H,6-9H2,1H3. The minimum absolute atomic E-state index is 0.146. The van der Waals surface area contributed by atoms with Gasteiger partial charge in [-0.15, -0.1) is 0 Å². The van der Waals surface area contributed by atoms with Crippen LogP contribution in [0.3, 0.4) is 0 Å². The summed E-state index contributed by atoms with van der Waals surface area (Å²) < 4.78 is 41.0. The predicted octanol–water partition coefficient (Wildman–Crippen LogP) is 1.85. The Hall–Kier alpha value is -2.04. The lowest BCUT2D eigenvalue weighted by molar-refractivity contribution is 0.0741. The molecule has 1 amide bonds. The number of carbonyl (C=O) groups excluding carboxylic acids is 1. The Labute approximate surface area is 165 Å². The number of benzene rings is 1. The van der Waals surface area contributed by atoms with Crippen molar-refractivity contribution in [3.05, 3.63) is 52.4 Å². The number of aromatic nitrogens is 1. The summed E-state index contributed by atoms with van der Waals surface area (Å²) >= 11 is 3.34. The molecule has 1 fully saturated rings. The topological polar surface area (TPSA) is 82.6 Å². The first-order valence-corrected chi connectivity index (χ1v) is 10.5. The van der Waals surface area contributed by atoms with Gasteiger partial charge in [0.15, 0.2) is 0 Å². The molecule has 0 bridgehead atoms. The second-order valence-electron chi connectivity index (χ2n) is 5.96. The SMILES string of the molecule is CNS(=O)(=O)c1ccc(F)c(C(=O)N2CCN(c3ccc(Br)cn3)CC2)c1. The lowest BCUT2D eigenvalue weighted by Crippen LogP contribution is -2.49. The van der Waals surface area contributed by atoms with Gasteiger partial charge in [0.2, 0.25) is 10.0 Å². The lowest BCUT2D eigenvalue weighted by Gasteiger charge is -2.35. The fourth-order valence-electron chi connectivity index (χ4n) is 2.82. The first-order chi connectivity index (χ1) is 12.8. The molecule has 10 heteroatoms. The zero-order valence-corrected chi connectivity index (χ0v) is 16.9. The van der Waals surface area contributed by atoms with Gasteiger partial charge in [0.05, 0.1) is 10.5 Å². The molecule has 1 aliphatic heterocycles. The van der Waals surface area contributed by atoms with Crippen LogP contribution in [0.4, 0.5) is 10.2 Å². The van der Waals surface area contributed by atoms with Crippen LogP contribution in [0, 0.1) is 5.82 Å². The third kappa shape index (κ3) is 4.28. The molecule has 0 radical (unpaired) electrons. The van der Waals surface area contributed by atoms with Crippen LogP contribution in [-0.2, 0) is 10.0 Å². The number of hydrogen-bond donors (Lipinski definition) is 1. The Balaban J connectivity index is 1.74. The molecule has 144 valence electrons. The van der Waals surface area contributed by atoms with Gasteiger partial charge >= 0.3 is 0 Å². The number of nitrogens with one attached hydrogen (secondary N) is 1. The molecule has 0 saturated carbocycles. The van der Waals surface area contributed by atoms with Gasteiger partial charge in [-0.05, 0) is 53.3 Å². The molecule has 1 aromatic heterocycles. The number of rotatable bonds is 4. The maximum Gasteiger partial charge on any atom is 0.256 e. The van der Waals surface area contributed by atoms with E-state index in [4.69, 9.17) is 0 Å². The number of amides is 1. The fraction of sp³-hybridized carbons (Fsp3) is 0.294. The van der Waals surface area contributed by atoms with Crippen molar-refractivity contribution in [2.24, 2.45) is 0 Å². The van der Waals surface area contributed by atoms with Crippen LogP contribution >= 0.6 is 15.9 Å². The van der Waals surface area contributed by atoms with Crippen LogP contribution in [0.1, 0.15) is 10.4 Å². The van der Waals surface area contributed by atoms with E-state index in [-0.39, 0.29) is 10.5 Å². The van der Waals surface area contributed by atoms with Crippen molar-refractivity contribution >= 4 is 37.7 Å². The number of sulfonamides is 1. The summed E-state index contributed by atoms with van der Waals surface area (Å²) in [4.78, 5) is 20.4. The van der Waals surface area contributed by atoms with E-state index in [2.05, 4.69) is 25.6 Å². The predicted molar refractivity (Wildman–Crippen MR) is 103 cm³/mol. The van der Waals surface area contributed by atoms with Crippen molar-refractivity contribution in [3.63, 3.8) is 0 Å². The zero-order valence-electron chi connectivity index (χ0n) is 14.5. The van der Waals surface area contributed by atoms with E-state index in [9.17, 15) is 17.6 Å². The Kier molecular flexibility index (Phi) is 5.78. The summed E-state index contributed by atoms with van der Waals surface area (Å²) in [5.74, 6) is -0.463. The van der Waals surface area contributed by atoms with Gasteiger partial charge in [-0.1, -0.05) is 0 Å². The number of halogens is 2. The molecule has 0 atom stereocenters. The molecule has 7 nitrogen and oxygen atoms in total. The molecule has 1 aromatic carbocycles. The van der Waals surface area contributed by atoms with Crippen LogP contribution in [0.5, 0.6) is 0 Å². The van der Waals surface area contributed by atoms with E-state index in [1.54, 1.807) is 6.20 Å². The summed E-state index contributed by atoms with van der Waals surface area (Å²) in [5.41, 5.74) is -0.249. The van der Waals surface area contributed by atoms with Crippen molar-refractivity contribution in [1.29, 1.82) is 0 Å². The van der Waals surface area contributed by atoms with E-state index in [1.807, 2.05) is 17.0 Å². The van der Waals surface area contributed by atoms with Gasteiger partial charge < -0.3 is 9.80 Å². The van der Waals surface area contributed by atoms with Gasteiger partial charge in [-0.25, -0.2) is 22.5 Å². The van der Waals surface area contributed by atoms with Crippen LogP contribution in [-0.4, -0.2) is 57.4 Å². The summed E-state index contributed by atoms with van der Waals surface area (Å²) in [7, 11) is -2.50. The Bertz CT molecular complexity index is 945. The summed E-state index contributed by atoms with van der Waals surface area (Å²) in [6, 6.07) is 6.98. The first-order valence-electron chi connectivity index (χ1n) is 8.20. The minimum atomic E-state index is -3.76. The maximum atomic E-state index is 14.2. The molecular formula is C17H18BrFN4O3S. The third-order valence-electron chi connectivity index (χ3n) is 4.35. The quantitative estimate of drug-likeness (QED) is 0.758. The normalized spacial score (nSPS) is 15.1. The minimum Gasteiger partial charge on any atom is -0.353 e. The smallest absolute Gasteiger partial charge is 0.256 e. The van der Waals surface area contributed by atoms with Gasteiger partial charge in [0.25, 0.3) is 5.91 Å². The van der Waals surface area contributed by atoms with Gasteiger partial charge in [0.1, 0.15) is 11.6 Å². The Morgan fingerprint density at radius 3 is 2.48 bits per heavy atom. The molecule has 3 rings (SSSR count). The van der Waals surface area contributed by atoms with E-state index in [1.165, 1.54) is 11.9 Å². The van der Waals surface area contributed by atoms with E-state index in [0.717, 1.165) is 28.5 Å². The zero-order chi connectivity index (χ0) is 19.6. The monoisotopic (exact) mass is 456 g/mol. The number of piperazine rings is 1. The second-order valence-corrected chi connectivity index (χ2v) is 8.77. The van der Waals surface area contributed by atoms with Gasteiger partial charge in [-0.3, -0.25) is 4.79 Å². The molecule has 2 heterocycles. The molecule has 1 saturated heterocycles. The molecule has 27 heavy (non-hydrogen) atoms.